The summed E-state index contributed by atoms with van der Waals surface area (Å²) in [6.07, 6.45) is 0.833. The molecule has 0 aliphatic heterocycles. The van der Waals surface area contributed by atoms with Crippen molar-refractivity contribution in [2.75, 3.05) is 0 Å². The van der Waals surface area contributed by atoms with Gasteiger partial charge in [-0.05, 0) is 0 Å². The molecule has 0 amide bonds. The highest BCUT2D eigenvalue weighted by Crippen LogP contribution is 2.21. The molecule has 0 atom stereocenters. The fraction of sp³-hybridized carbons (Fsp3) is 0.300. The van der Waals surface area contributed by atoms with Crippen molar-refractivity contribution < 1.29 is 83.2 Å². The molecule has 0 fully saturated rings. The number of aldehydes is 1. The molecule has 0 radical (unpaired) electrons. The molecule has 25 heteroatoms. The van der Waals surface area contributed by atoms with Crippen molar-refractivity contribution in [2.45, 2.75) is 16.5 Å². The summed E-state index contributed by atoms with van der Waals surface area (Å²) in [7, 11) is -18.3. The van der Waals surface area contributed by atoms with Crippen molar-refractivity contribution >= 4 is 36.6 Å². The molecule has 0 aliphatic rings. The minimum Gasteiger partial charge on any atom is -0.741 e. The Morgan fingerprint density at radius 1 is 0.543 bits per heavy atom. The van der Waals surface area contributed by atoms with Gasteiger partial charge in [0.1, 0.15) is 6.29 Å². The van der Waals surface area contributed by atoms with E-state index in [0.29, 0.717) is 0 Å². The van der Waals surface area contributed by atoms with E-state index in [2.05, 4.69) is 0 Å². The molecule has 1 aromatic carbocycles. The lowest BCUT2D eigenvalue weighted by molar-refractivity contribution is -0.0522. The van der Waals surface area contributed by atoms with E-state index < -0.39 is 46.9 Å². The Balaban J connectivity index is -0.0000000779. The summed E-state index contributed by atoms with van der Waals surface area (Å²) in [5, 5.41) is 0. The molecule has 0 aromatic heterocycles. The van der Waals surface area contributed by atoms with Crippen molar-refractivity contribution in [1.29, 1.82) is 0 Å². The molecule has 0 bridgehead atoms. The largest absolute Gasteiger partial charge is 0.741 e. The van der Waals surface area contributed by atoms with E-state index in [1.165, 1.54) is 0 Å². The number of hydrogen-bond acceptors (Lipinski definition) is 10. The van der Waals surface area contributed by atoms with Crippen LogP contribution in [-0.4, -0.2) is 61.7 Å². The van der Waals surface area contributed by atoms with Gasteiger partial charge in [0.25, 0.3) is 0 Å². The highest BCUT2D eigenvalue weighted by atomic mass is 32.2. The van der Waals surface area contributed by atoms with Crippen molar-refractivity contribution in [3.8, 4) is 0 Å². The van der Waals surface area contributed by atoms with Crippen molar-refractivity contribution in [1.82, 2.24) is 18.5 Å². The number of alkyl halides is 9. The third-order valence-corrected chi connectivity index (χ3v) is 3.49. The molecule has 0 heterocycles. The second-order valence-corrected chi connectivity index (χ2v) is 8.34. The predicted octanol–water partition coefficient (Wildman–Crippen LogP) is 2.78. The van der Waals surface area contributed by atoms with Gasteiger partial charge >= 0.3 is 16.5 Å². The summed E-state index contributed by atoms with van der Waals surface area (Å²) >= 11 is 0. The number of hydrogen-bond donors (Lipinski definition) is 3. The van der Waals surface area contributed by atoms with E-state index >= 15 is 0 Å². The smallest absolute Gasteiger partial charge is 0.485 e. The lowest BCUT2D eigenvalue weighted by Gasteiger charge is -2.08. The predicted molar refractivity (Wildman–Crippen MR) is 97.0 cm³/mol. The number of carbonyl (C=O) groups is 1. The van der Waals surface area contributed by atoms with Gasteiger partial charge < -0.3 is 32.1 Å². The Hall–Kier alpha value is -2.13. The van der Waals surface area contributed by atoms with E-state index in [-0.39, 0.29) is 18.5 Å². The van der Waals surface area contributed by atoms with Crippen LogP contribution in [0.3, 0.4) is 0 Å². The quantitative estimate of drug-likeness (QED) is 0.181. The van der Waals surface area contributed by atoms with Gasteiger partial charge in [0.2, 0.25) is 0 Å². The van der Waals surface area contributed by atoms with Crippen LogP contribution in [0.25, 0.3) is 0 Å². The number of quaternary nitrogens is 3. The Morgan fingerprint density at radius 2 is 0.714 bits per heavy atom. The molecule has 0 saturated carbocycles. The summed E-state index contributed by atoms with van der Waals surface area (Å²) in [5.74, 6) is 0. The van der Waals surface area contributed by atoms with Crippen molar-refractivity contribution in [3.63, 3.8) is 0 Å². The van der Waals surface area contributed by atoms with E-state index in [1.54, 1.807) is 12.1 Å². The molecule has 0 saturated heterocycles. The molecular weight excluding hydrogens is 589 g/mol. The third-order valence-electron chi connectivity index (χ3n) is 1.79. The summed E-state index contributed by atoms with van der Waals surface area (Å²) < 4.78 is 177. The minimum atomic E-state index is -6.09. The molecule has 1 aromatic rings. The van der Waals surface area contributed by atoms with Gasteiger partial charge in [-0.15, -0.1) is 0 Å². The molecule has 0 aliphatic carbocycles. The number of carbonyl (C=O) groups excluding carboxylic acids is 1. The fourth-order valence-electron chi connectivity index (χ4n) is 0.532. The van der Waals surface area contributed by atoms with Crippen LogP contribution in [0.5, 0.6) is 0 Å². The van der Waals surface area contributed by atoms with E-state index in [4.69, 9.17) is 38.9 Å². The molecule has 0 unspecified atom stereocenters. The number of benzene rings is 1. The Morgan fingerprint density at radius 3 is 0.800 bits per heavy atom. The van der Waals surface area contributed by atoms with Gasteiger partial charge in [-0.25, -0.2) is 25.3 Å². The van der Waals surface area contributed by atoms with Crippen LogP contribution in [0.15, 0.2) is 30.3 Å². The zero-order valence-corrected chi connectivity index (χ0v) is 19.6. The van der Waals surface area contributed by atoms with Crippen LogP contribution < -0.4 is 18.5 Å². The average molecular weight is 607 g/mol. The van der Waals surface area contributed by atoms with Crippen LogP contribution in [0.2, 0.25) is 0 Å². The van der Waals surface area contributed by atoms with Gasteiger partial charge in [-0.3, -0.25) is 4.79 Å². The van der Waals surface area contributed by atoms with Crippen LogP contribution in [0.4, 0.5) is 39.5 Å². The Kier molecular flexibility index (Phi) is 21.8. The number of halogens is 9. The second kappa shape index (κ2) is 16.5. The summed E-state index contributed by atoms with van der Waals surface area (Å²) in [6, 6.07) is 9.10. The normalized spacial score (nSPS) is 11.5. The van der Waals surface area contributed by atoms with Gasteiger partial charge in [-0.1, -0.05) is 30.3 Å². The molecule has 12 N–H and O–H groups in total. The van der Waals surface area contributed by atoms with Crippen LogP contribution >= 0.6 is 0 Å². The van der Waals surface area contributed by atoms with Gasteiger partial charge in [-0.2, -0.15) is 39.5 Å². The summed E-state index contributed by atoms with van der Waals surface area (Å²) in [5.41, 5.74) is -16.2. The third kappa shape index (κ3) is 23.4. The van der Waals surface area contributed by atoms with Crippen molar-refractivity contribution in [3.05, 3.63) is 35.9 Å². The summed E-state index contributed by atoms with van der Waals surface area (Å²) in [4.78, 5) is 10.0. The van der Waals surface area contributed by atoms with Crippen LogP contribution in [0.1, 0.15) is 10.4 Å². The molecular formula is C10H18F9N3O10S3. The monoisotopic (exact) mass is 607 g/mol. The zero-order chi connectivity index (χ0) is 26.8. The first-order chi connectivity index (χ1) is 13.7. The maximum absolute atomic E-state index is 10.7. The van der Waals surface area contributed by atoms with Gasteiger partial charge in [0.05, 0.1) is 0 Å². The van der Waals surface area contributed by atoms with Gasteiger partial charge in [0, 0.05) is 5.56 Å². The maximum atomic E-state index is 10.7. The van der Waals surface area contributed by atoms with E-state index in [1.807, 2.05) is 18.2 Å². The molecule has 0 spiro atoms. The molecule has 13 nitrogen and oxygen atoms in total. The van der Waals surface area contributed by atoms with E-state index in [9.17, 15) is 44.3 Å². The van der Waals surface area contributed by atoms with Crippen molar-refractivity contribution in [2.24, 2.45) is 0 Å². The highest BCUT2D eigenvalue weighted by Gasteiger charge is 2.38. The first-order valence-electron chi connectivity index (χ1n) is 6.25. The zero-order valence-electron chi connectivity index (χ0n) is 17.2. The number of rotatable bonds is 1. The fourth-order valence-corrected chi connectivity index (χ4v) is 0.532. The van der Waals surface area contributed by atoms with Gasteiger partial charge in [0.15, 0.2) is 30.4 Å². The van der Waals surface area contributed by atoms with Crippen LogP contribution in [0, 0.1) is 0 Å². The molecule has 1 rings (SSSR count). The van der Waals surface area contributed by atoms with Crippen LogP contribution in [-0.2, 0) is 30.4 Å². The first-order valence-corrected chi connectivity index (χ1v) is 10.5. The topological polar surface area (TPSA) is 298 Å². The first kappa shape index (κ1) is 46.2. The average Bonchev–Trinajstić information content (AvgIpc) is 2.51. The highest BCUT2D eigenvalue weighted by molar-refractivity contribution is 7.87. The second-order valence-electron chi connectivity index (χ2n) is 4.23. The maximum Gasteiger partial charge on any atom is 0.485 e. The standard InChI is InChI=1S/C7H6O.3CHF3O3S.3H3N/c8-6-7-4-2-1-3-5-7;3*2-1(3,4)8(5,6)7;;;/h1-6H;3*(H,5,6,7);3*1H3. The Labute approximate surface area is 191 Å². The summed E-state index contributed by atoms with van der Waals surface area (Å²) in [6.45, 7) is 0. The molecule has 214 valence electrons. The Bertz CT molecular complexity index is 924. The minimum absolute atomic E-state index is 0. The van der Waals surface area contributed by atoms with E-state index in [0.717, 1.165) is 11.8 Å². The lowest BCUT2D eigenvalue weighted by Crippen LogP contribution is -2.21. The molecule has 35 heavy (non-hydrogen) atoms. The SMILES string of the molecule is O=Cc1ccccc1.O=S(=O)([O-])C(F)(F)F.O=S(=O)([O-])C(F)(F)F.O=S(=O)([O-])C(F)(F)F.[NH4+].[NH4+].[NH4+]. The lowest BCUT2D eigenvalue weighted by atomic mass is 10.2.